The number of hydrogen-bond acceptors (Lipinski definition) is 4. The molecule has 0 spiro atoms. The highest BCUT2D eigenvalue weighted by Crippen LogP contribution is 2.40. The normalized spacial score (nSPS) is 11.2. The Balaban J connectivity index is 2.00. The molecule has 4 aromatic rings. The number of aryl methyl sites for hydroxylation is 1. The molecule has 4 rings (SSSR count). The minimum Gasteiger partial charge on any atom is -0.333 e. The lowest BCUT2D eigenvalue weighted by Crippen LogP contribution is -2.44. The Bertz CT molecular complexity index is 1070. The van der Waals surface area contributed by atoms with E-state index in [1.54, 1.807) is 0 Å². The van der Waals surface area contributed by atoms with E-state index in [0.717, 1.165) is 22.4 Å². The summed E-state index contributed by atoms with van der Waals surface area (Å²) in [4.78, 5) is 19.9. The maximum Gasteiger partial charge on any atom is 0.352 e. The second-order valence-corrected chi connectivity index (χ2v) is 8.17. The van der Waals surface area contributed by atoms with Gasteiger partial charge in [-0.25, -0.2) is 4.79 Å². The minimum atomic E-state index is -1.13. The van der Waals surface area contributed by atoms with Gasteiger partial charge < -0.3 is 4.84 Å². The van der Waals surface area contributed by atoms with E-state index in [1.807, 2.05) is 103 Å². The molecule has 1 aromatic heterocycles. The highest BCUT2D eigenvalue weighted by Gasteiger charge is 2.46. The molecule has 144 valence electrons. The monoisotopic (exact) mass is 417 g/mol. The van der Waals surface area contributed by atoms with E-state index in [4.69, 9.17) is 17.1 Å². The Morgan fingerprint density at radius 3 is 1.59 bits per heavy atom. The summed E-state index contributed by atoms with van der Waals surface area (Å²) in [5, 5.41) is 1.88. The maximum atomic E-state index is 14.0. The van der Waals surface area contributed by atoms with Gasteiger partial charge in [-0.2, -0.15) is 4.73 Å². The van der Waals surface area contributed by atoms with Gasteiger partial charge in [-0.3, -0.25) is 0 Å². The van der Waals surface area contributed by atoms with E-state index in [1.165, 1.54) is 16.1 Å². The van der Waals surface area contributed by atoms with Crippen molar-refractivity contribution in [3.63, 3.8) is 0 Å². The molecular formula is C24H19NO2S2. The van der Waals surface area contributed by atoms with E-state index in [9.17, 15) is 4.79 Å². The second kappa shape index (κ2) is 8.15. The van der Waals surface area contributed by atoms with Gasteiger partial charge in [-0.15, -0.1) is 11.3 Å². The number of benzene rings is 3. The van der Waals surface area contributed by atoms with Crippen LogP contribution in [0.3, 0.4) is 0 Å². The average Bonchev–Trinajstić information content (AvgIpc) is 3.09. The molecule has 0 saturated carbocycles. The molecular weight excluding hydrogens is 398 g/mol. The Morgan fingerprint density at radius 2 is 1.24 bits per heavy atom. The van der Waals surface area contributed by atoms with Crippen LogP contribution in [0.4, 0.5) is 0 Å². The lowest BCUT2D eigenvalue weighted by molar-refractivity contribution is -0.148. The van der Waals surface area contributed by atoms with Crippen LogP contribution < -0.4 is 4.84 Å². The highest BCUT2D eigenvalue weighted by atomic mass is 32.1. The number of hydrogen-bond donors (Lipinski definition) is 0. The molecule has 29 heavy (non-hydrogen) atoms. The number of rotatable bonds is 5. The quantitative estimate of drug-likeness (QED) is 0.314. The molecule has 0 atom stereocenters. The Morgan fingerprint density at radius 1 is 0.828 bits per heavy atom. The van der Waals surface area contributed by atoms with Crippen LogP contribution in [0.5, 0.6) is 0 Å². The summed E-state index contributed by atoms with van der Waals surface area (Å²) in [6, 6.07) is 29.2. The topological polar surface area (TPSA) is 31.2 Å². The molecule has 0 unspecified atom stereocenters. The van der Waals surface area contributed by atoms with E-state index in [0.29, 0.717) is 3.95 Å². The van der Waals surface area contributed by atoms with Crippen LogP contribution in [0.2, 0.25) is 0 Å². The van der Waals surface area contributed by atoms with Crippen LogP contribution in [0, 0.1) is 10.9 Å². The van der Waals surface area contributed by atoms with Crippen molar-refractivity contribution in [1.82, 2.24) is 4.73 Å². The zero-order valence-electron chi connectivity index (χ0n) is 15.8. The fourth-order valence-electron chi connectivity index (χ4n) is 3.55. The third kappa shape index (κ3) is 3.43. The molecule has 0 bridgehead atoms. The van der Waals surface area contributed by atoms with Crippen molar-refractivity contribution in [3.05, 3.63) is 123 Å². The van der Waals surface area contributed by atoms with Crippen LogP contribution in [-0.2, 0) is 10.2 Å². The molecule has 0 fully saturated rings. The molecule has 0 aliphatic carbocycles. The summed E-state index contributed by atoms with van der Waals surface area (Å²) in [7, 11) is 0. The van der Waals surface area contributed by atoms with E-state index in [2.05, 4.69) is 0 Å². The average molecular weight is 418 g/mol. The zero-order valence-corrected chi connectivity index (χ0v) is 17.5. The molecule has 0 radical (unpaired) electrons. The highest BCUT2D eigenvalue weighted by molar-refractivity contribution is 7.73. The summed E-state index contributed by atoms with van der Waals surface area (Å²) in [5.74, 6) is -0.404. The van der Waals surface area contributed by atoms with Crippen LogP contribution in [-0.4, -0.2) is 10.7 Å². The van der Waals surface area contributed by atoms with Gasteiger partial charge in [0.05, 0.1) is 5.69 Å². The molecule has 0 aliphatic rings. The fraction of sp³-hybridized carbons (Fsp3) is 0.0833. The summed E-state index contributed by atoms with van der Waals surface area (Å²) >= 11 is 6.74. The van der Waals surface area contributed by atoms with Gasteiger partial charge in [0.1, 0.15) is 5.41 Å². The van der Waals surface area contributed by atoms with E-state index < -0.39 is 11.4 Å². The van der Waals surface area contributed by atoms with Crippen molar-refractivity contribution in [2.45, 2.75) is 12.3 Å². The third-order valence-corrected chi connectivity index (χ3v) is 6.20. The summed E-state index contributed by atoms with van der Waals surface area (Å²) in [5.41, 5.74) is 2.16. The van der Waals surface area contributed by atoms with Crippen LogP contribution in [0.25, 0.3) is 0 Å². The van der Waals surface area contributed by atoms with E-state index >= 15 is 0 Å². The van der Waals surface area contributed by atoms with Crippen molar-refractivity contribution in [2.75, 3.05) is 0 Å². The first-order valence-corrected chi connectivity index (χ1v) is 10.5. The predicted molar refractivity (Wildman–Crippen MR) is 119 cm³/mol. The number of thiazole rings is 1. The van der Waals surface area contributed by atoms with Crippen molar-refractivity contribution in [1.29, 1.82) is 0 Å². The molecule has 5 heteroatoms. The van der Waals surface area contributed by atoms with Gasteiger partial charge in [0.15, 0.2) is 3.95 Å². The Labute approximate surface area is 178 Å². The molecule has 0 amide bonds. The predicted octanol–water partition coefficient (Wildman–Crippen LogP) is 5.58. The van der Waals surface area contributed by atoms with Gasteiger partial charge in [0, 0.05) is 5.38 Å². The van der Waals surface area contributed by atoms with Gasteiger partial charge in [-0.1, -0.05) is 91.0 Å². The summed E-state index contributed by atoms with van der Waals surface area (Å²) in [6.07, 6.45) is 0. The SMILES string of the molecule is Cc1csc(=S)n1OC(=O)C(c1ccccc1)(c1ccccc1)c1ccccc1. The summed E-state index contributed by atoms with van der Waals surface area (Å²) < 4.78 is 1.94. The van der Waals surface area contributed by atoms with Crippen LogP contribution in [0.15, 0.2) is 96.4 Å². The first-order valence-electron chi connectivity index (χ1n) is 9.20. The van der Waals surface area contributed by atoms with Crippen molar-refractivity contribution < 1.29 is 9.63 Å². The van der Waals surface area contributed by atoms with Crippen molar-refractivity contribution >= 4 is 29.5 Å². The molecule has 3 aromatic carbocycles. The molecule has 0 aliphatic heterocycles. The standard InChI is InChI=1S/C24H19NO2S2/c1-18-17-29-23(28)25(18)27-22(26)24(19-11-5-2-6-12-19,20-13-7-3-8-14-20)21-15-9-4-10-16-21/h2-17H,1H3. The van der Waals surface area contributed by atoms with Crippen LogP contribution in [0.1, 0.15) is 22.4 Å². The van der Waals surface area contributed by atoms with Gasteiger partial charge in [0.2, 0.25) is 0 Å². The van der Waals surface area contributed by atoms with Crippen LogP contribution >= 0.6 is 23.6 Å². The van der Waals surface area contributed by atoms with Gasteiger partial charge in [0.25, 0.3) is 0 Å². The molecule has 0 saturated heterocycles. The molecule has 1 heterocycles. The molecule has 3 nitrogen and oxygen atoms in total. The fourth-order valence-corrected chi connectivity index (χ4v) is 4.52. The Kier molecular flexibility index (Phi) is 5.43. The number of carbonyl (C=O) groups excluding carboxylic acids is 1. The third-order valence-electron chi connectivity index (χ3n) is 4.92. The number of aromatic nitrogens is 1. The molecule has 0 N–H and O–H groups in total. The second-order valence-electron chi connectivity index (χ2n) is 6.66. The largest absolute Gasteiger partial charge is 0.352 e. The maximum absolute atomic E-state index is 14.0. The summed E-state index contributed by atoms with van der Waals surface area (Å²) in [6.45, 7) is 1.87. The lowest BCUT2D eigenvalue weighted by atomic mass is 9.69. The van der Waals surface area contributed by atoms with Crippen molar-refractivity contribution in [3.8, 4) is 0 Å². The minimum absolute atomic E-state index is 0.404. The Hall–Kier alpha value is -3.02. The number of carbonyl (C=O) groups is 1. The number of nitrogens with zero attached hydrogens (tertiary/aromatic N) is 1. The zero-order chi connectivity index (χ0) is 20.3. The van der Waals surface area contributed by atoms with Crippen molar-refractivity contribution in [2.24, 2.45) is 0 Å². The van der Waals surface area contributed by atoms with E-state index in [-0.39, 0.29) is 0 Å². The van der Waals surface area contributed by atoms with Gasteiger partial charge >= 0.3 is 5.97 Å². The van der Waals surface area contributed by atoms with Gasteiger partial charge in [-0.05, 0) is 35.8 Å². The first kappa shape index (κ1) is 19.3. The lowest BCUT2D eigenvalue weighted by Gasteiger charge is -2.33. The smallest absolute Gasteiger partial charge is 0.333 e. The first-order chi connectivity index (χ1) is 14.1.